The molecular formula is C13H16ClN3O2. The van der Waals surface area contributed by atoms with Gasteiger partial charge in [0, 0.05) is 13.1 Å². The summed E-state index contributed by atoms with van der Waals surface area (Å²) in [5.74, 6) is 0.383. The third-order valence-electron chi connectivity index (χ3n) is 2.83. The molecule has 0 aliphatic carbocycles. The van der Waals surface area contributed by atoms with Crippen LogP contribution in [0.4, 0.5) is 5.69 Å². The Kier molecular flexibility index (Phi) is 4.76. The van der Waals surface area contributed by atoms with Crippen molar-refractivity contribution in [2.24, 2.45) is 10.7 Å². The molecule has 1 amide bonds. The number of nitrogens with zero attached hydrogens (tertiary/aromatic N) is 2. The molecular weight excluding hydrogens is 266 g/mol. The third kappa shape index (κ3) is 3.45. The minimum absolute atomic E-state index is 0.0509. The highest BCUT2D eigenvalue weighted by atomic mass is 35.5. The van der Waals surface area contributed by atoms with Gasteiger partial charge in [-0.25, -0.2) is 4.99 Å². The molecule has 1 aromatic rings. The lowest BCUT2D eigenvalue weighted by molar-refractivity contribution is 0.0303. The van der Waals surface area contributed by atoms with Crippen molar-refractivity contribution in [2.75, 3.05) is 32.2 Å². The first kappa shape index (κ1) is 13.8. The molecule has 6 heteroatoms. The lowest BCUT2D eigenvalue weighted by Crippen LogP contribution is -2.40. The number of nitrogens with two attached hydrogens (primary N) is 1. The summed E-state index contributed by atoms with van der Waals surface area (Å²) < 4.78 is 5.24. The summed E-state index contributed by atoms with van der Waals surface area (Å²) in [6.45, 7) is 2.34. The number of rotatable bonds is 3. The molecule has 0 aromatic heterocycles. The van der Waals surface area contributed by atoms with Crippen molar-refractivity contribution in [3.05, 3.63) is 29.8 Å². The number of carbonyl (C=O) groups is 1. The average molecular weight is 282 g/mol. The zero-order valence-electron chi connectivity index (χ0n) is 10.5. The first-order valence-corrected chi connectivity index (χ1v) is 6.61. The summed E-state index contributed by atoms with van der Waals surface area (Å²) in [5, 5.41) is 0. The number of hydrogen-bond donors (Lipinski definition) is 1. The zero-order valence-corrected chi connectivity index (χ0v) is 11.3. The number of alkyl halides is 1. The predicted molar refractivity (Wildman–Crippen MR) is 75.2 cm³/mol. The van der Waals surface area contributed by atoms with Crippen LogP contribution >= 0.6 is 11.6 Å². The molecule has 102 valence electrons. The number of amidine groups is 1. The average Bonchev–Trinajstić information content (AvgIpc) is 2.48. The first-order chi connectivity index (χ1) is 9.22. The molecule has 19 heavy (non-hydrogen) atoms. The Morgan fingerprint density at radius 2 is 2.05 bits per heavy atom. The number of benzene rings is 1. The van der Waals surface area contributed by atoms with Gasteiger partial charge in [-0.3, -0.25) is 4.79 Å². The van der Waals surface area contributed by atoms with Crippen LogP contribution in [0.5, 0.6) is 0 Å². The Hall–Kier alpha value is -1.59. The number of aliphatic imine (C=N–C) groups is 1. The quantitative estimate of drug-likeness (QED) is 0.517. The molecule has 5 nitrogen and oxygen atoms in total. The van der Waals surface area contributed by atoms with E-state index >= 15 is 0 Å². The number of amides is 1. The maximum absolute atomic E-state index is 12.4. The predicted octanol–water partition coefficient (Wildman–Crippen LogP) is 1.39. The summed E-state index contributed by atoms with van der Waals surface area (Å²) in [5.41, 5.74) is 6.72. The molecule has 1 aliphatic rings. The summed E-state index contributed by atoms with van der Waals surface area (Å²) >= 11 is 5.61. The molecule has 1 saturated heterocycles. The minimum atomic E-state index is -0.0509. The van der Waals surface area contributed by atoms with Crippen LogP contribution in [0.2, 0.25) is 0 Å². The highest BCUT2D eigenvalue weighted by Crippen LogP contribution is 2.21. The molecule has 0 spiro atoms. The van der Waals surface area contributed by atoms with Crippen LogP contribution in [0.15, 0.2) is 29.3 Å². The number of halogens is 1. The van der Waals surface area contributed by atoms with Crippen molar-refractivity contribution in [2.45, 2.75) is 0 Å². The molecule has 1 heterocycles. The Morgan fingerprint density at radius 3 is 2.74 bits per heavy atom. The van der Waals surface area contributed by atoms with E-state index in [-0.39, 0.29) is 11.8 Å². The van der Waals surface area contributed by atoms with E-state index in [2.05, 4.69) is 4.99 Å². The second-order valence-electron chi connectivity index (χ2n) is 4.16. The van der Waals surface area contributed by atoms with Gasteiger partial charge in [-0.05, 0) is 12.1 Å². The Bertz CT molecular complexity index is 485. The highest BCUT2D eigenvalue weighted by molar-refractivity contribution is 6.28. The smallest absolute Gasteiger partial charge is 0.256 e. The lowest BCUT2D eigenvalue weighted by Gasteiger charge is -2.27. The van der Waals surface area contributed by atoms with E-state index in [9.17, 15) is 4.79 Å². The number of carbonyl (C=O) groups excluding carboxylic acids is 1. The molecule has 0 atom stereocenters. The van der Waals surface area contributed by atoms with Crippen LogP contribution in [0.25, 0.3) is 0 Å². The van der Waals surface area contributed by atoms with Crippen molar-refractivity contribution < 1.29 is 9.53 Å². The van der Waals surface area contributed by atoms with E-state index in [1.165, 1.54) is 0 Å². The molecule has 2 N–H and O–H groups in total. The fourth-order valence-corrected chi connectivity index (χ4v) is 1.93. The second kappa shape index (κ2) is 6.54. The van der Waals surface area contributed by atoms with Crippen LogP contribution in [0, 0.1) is 0 Å². The van der Waals surface area contributed by atoms with E-state index in [1.54, 1.807) is 17.0 Å². The Labute approximate surface area is 117 Å². The highest BCUT2D eigenvalue weighted by Gasteiger charge is 2.20. The SMILES string of the molecule is NC(CCl)=Nc1ccccc1C(=O)N1CCOCC1. The fourth-order valence-electron chi connectivity index (χ4n) is 1.87. The minimum Gasteiger partial charge on any atom is -0.386 e. The molecule has 0 saturated carbocycles. The van der Waals surface area contributed by atoms with Gasteiger partial charge in [-0.15, -0.1) is 11.6 Å². The van der Waals surface area contributed by atoms with Gasteiger partial charge in [0.05, 0.1) is 30.3 Å². The monoisotopic (exact) mass is 281 g/mol. The number of ether oxygens (including phenoxy) is 1. The molecule has 0 unspecified atom stereocenters. The second-order valence-corrected chi connectivity index (χ2v) is 4.43. The van der Waals surface area contributed by atoms with Crippen molar-refractivity contribution in [1.29, 1.82) is 0 Å². The van der Waals surface area contributed by atoms with E-state index < -0.39 is 0 Å². The maximum atomic E-state index is 12.4. The summed E-state index contributed by atoms with van der Waals surface area (Å²) in [6, 6.07) is 7.13. The van der Waals surface area contributed by atoms with E-state index in [0.29, 0.717) is 43.4 Å². The number of morpholine rings is 1. The molecule has 1 fully saturated rings. The standard InChI is InChI=1S/C13H16ClN3O2/c14-9-12(15)16-11-4-2-1-3-10(11)13(18)17-5-7-19-8-6-17/h1-4H,5-9H2,(H2,15,16). The fraction of sp³-hybridized carbons (Fsp3) is 0.385. The lowest BCUT2D eigenvalue weighted by atomic mass is 10.1. The van der Waals surface area contributed by atoms with Gasteiger partial charge in [-0.2, -0.15) is 0 Å². The summed E-state index contributed by atoms with van der Waals surface area (Å²) in [4.78, 5) is 18.4. The van der Waals surface area contributed by atoms with Gasteiger partial charge in [0.15, 0.2) is 0 Å². The third-order valence-corrected chi connectivity index (χ3v) is 3.11. The van der Waals surface area contributed by atoms with Crippen LogP contribution in [-0.4, -0.2) is 48.8 Å². The van der Waals surface area contributed by atoms with Crippen LogP contribution in [0.1, 0.15) is 10.4 Å². The van der Waals surface area contributed by atoms with Crippen LogP contribution in [0.3, 0.4) is 0 Å². The largest absolute Gasteiger partial charge is 0.386 e. The van der Waals surface area contributed by atoms with Crippen molar-refractivity contribution >= 4 is 29.0 Å². The van der Waals surface area contributed by atoms with Gasteiger partial charge in [-0.1, -0.05) is 12.1 Å². The van der Waals surface area contributed by atoms with E-state index in [4.69, 9.17) is 22.1 Å². The van der Waals surface area contributed by atoms with Crippen molar-refractivity contribution in [3.8, 4) is 0 Å². The van der Waals surface area contributed by atoms with Gasteiger partial charge in [0.25, 0.3) is 5.91 Å². The number of para-hydroxylation sites is 1. The summed E-state index contributed by atoms with van der Waals surface area (Å²) in [6.07, 6.45) is 0. The molecule has 1 aromatic carbocycles. The van der Waals surface area contributed by atoms with Crippen LogP contribution < -0.4 is 5.73 Å². The molecule has 0 bridgehead atoms. The van der Waals surface area contributed by atoms with Gasteiger partial charge in [0.2, 0.25) is 0 Å². The normalized spacial score (nSPS) is 16.5. The van der Waals surface area contributed by atoms with Crippen LogP contribution in [-0.2, 0) is 4.74 Å². The maximum Gasteiger partial charge on any atom is 0.256 e. The molecule has 0 radical (unpaired) electrons. The number of hydrogen-bond acceptors (Lipinski definition) is 3. The van der Waals surface area contributed by atoms with Gasteiger partial charge < -0.3 is 15.4 Å². The first-order valence-electron chi connectivity index (χ1n) is 6.07. The van der Waals surface area contributed by atoms with E-state index in [0.717, 1.165) is 0 Å². The van der Waals surface area contributed by atoms with Crippen molar-refractivity contribution in [1.82, 2.24) is 4.90 Å². The zero-order chi connectivity index (χ0) is 13.7. The van der Waals surface area contributed by atoms with Gasteiger partial charge in [0.1, 0.15) is 5.84 Å². The summed E-state index contributed by atoms with van der Waals surface area (Å²) in [7, 11) is 0. The van der Waals surface area contributed by atoms with Gasteiger partial charge >= 0.3 is 0 Å². The Balaban J connectivity index is 2.26. The Morgan fingerprint density at radius 1 is 1.37 bits per heavy atom. The molecule has 1 aliphatic heterocycles. The topological polar surface area (TPSA) is 67.9 Å². The van der Waals surface area contributed by atoms with E-state index in [1.807, 2.05) is 12.1 Å². The molecule has 2 rings (SSSR count). The van der Waals surface area contributed by atoms with Crippen molar-refractivity contribution in [3.63, 3.8) is 0 Å².